The van der Waals surface area contributed by atoms with Gasteiger partial charge in [0, 0.05) is 19.3 Å². The number of hydrogen-bond acceptors (Lipinski definition) is 10. The number of phosphoric acid groups is 1. The summed E-state index contributed by atoms with van der Waals surface area (Å²) in [6.45, 7) is 4.57. The van der Waals surface area contributed by atoms with Crippen molar-refractivity contribution in [2.24, 2.45) is 0 Å². The van der Waals surface area contributed by atoms with Gasteiger partial charge in [0.25, 0.3) is 0 Å². The van der Waals surface area contributed by atoms with Crippen molar-refractivity contribution in [1.29, 1.82) is 0 Å². The van der Waals surface area contributed by atoms with Crippen molar-refractivity contribution in [1.82, 2.24) is 0 Å². The summed E-state index contributed by atoms with van der Waals surface area (Å²) in [5.74, 6) is -1.47. The molecule has 0 amide bonds. The van der Waals surface area contributed by atoms with Gasteiger partial charge in [0.05, 0.1) is 19.8 Å². The highest BCUT2D eigenvalue weighted by atomic mass is 31.2. The zero-order valence-corrected chi connectivity index (χ0v) is 50.4. The molecule has 12 heteroatoms. The van der Waals surface area contributed by atoms with Gasteiger partial charge in [-0.15, -0.1) is 0 Å². The summed E-state index contributed by atoms with van der Waals surface area (Å²) < 4.78 is 39.6. The Labute approximate surface area is 467 Å². The number of hydrogen-bond donors (Lipinski definition) is 2. The monoisotopic (exact) mass is 1090 g/mol. The number of aliphatic hydroxyl groups excluding tert-OH is 1. The summed E-state index contributed by atoms with van der Waals surface area (Å²) in [5, 5.41) is 9.82. The van der Waals surface area contributed by atoms with E-state index in [1.54, 1.807) is 0 Å². The Kier molecular flexibility index (Phi) is 57.1. The lowest BCUT2D eigenvalue weighted by atomic mass is 10.0. The molecule has 0 radical (unpaired) electrons. The average molecular weight is 1100 g/mol. The van der Waals surface area contributed by atoms with E-state index in [0.29, 0.717) is 19.3 Å². The molecule has 0 aliphatic carbocycles. The van der Waals surface area contributed by atoms with E-state index in [-0.39, 0.29) is 25.9 Å². The Morgan fingerprint density at radius 1 is 0.382 bits per heavy atom. The summed E-state index contributed by atoms with van der Waals surface area (Å²) in [7, 11) is -4.75. The minimum absolute atomic E-state index is 0.145. The number of phosphoric ester groups is 1. The average Bonchev–Trinajstić information content (AvgIpc) is 3.41. The van der Waals surface area contributed by atoms with Gasteiger partial charge in [-0.2, -0.15) is 0 Å². The minimum atomic E-state index is -4.75. The van der Waals surface area contributed by atoms with Gasteiger partial charge in [0.15, 0.2) is 6.10 Å². The second-order valence-corrected chi connectivity index (χ2v) is 23.0. The van der Waals surface area contributed by atoms with E-state index in [0.717, 1.165) is 77.0 Å². The molecule has 11 nitrogen and oxygen atoms in total. The number of carbonyl (C=O) groups excluding carboxylic acids is 3. The van der Waals surface area contributed by atoms with Crippen LogP contribution in [0.1, 0.15) is 316 Å². The van der Waals surface area contributed by atoms with Crippen molar-refractivity contribution >= 4 is 25.7 Å². The molecule has 0 spiro atoms. The lowest BCUT2D eigenvalue weighted by Gasteiger charge is -2.21. The number of aliphatic hydroxyl groups is 1. The fourth-order valence-corrected chi connectivity index (χ4v) is 10.0. The van der Waals surface area contributed by atoms with E-state index in [1.165, 1.54) is 180 Å². The fraction of sp³-hybridized carbons (Fsp3) is 0.859. The molecule has 0 saturated carbocycles. The lowest BCUT2D eigenvalue weighted by molar-refractivity contribution is -0.161. The van der Waals surface area contributed by atoms with Crippen LogP contribution < -0.4 is 0 Å². The summed E-state index contributed by atoms with van der Waals surface area (Å²) >= 11 is 0. The van der Waals surface area contributed by atoms with Crippen LogP contribution >= 0.6 is 7.82 Å². The molecule has 0 saturated heterocycles. The summed E-state index contributed by atoms with van der Waals surface area (Å²) in [4.78, 5) is 48.7. The third kappa shape index (κ3) is 56.4. The molecule has 0 rings (SSSR count). The van der Waals surface area contributed by atoms with Gasteiger partial charge < -0.3 is 24.2 Å². The van der Waals surface area contributed by atoms with E-state index >= 15 is 0 Å². The molecule has 446 valence electrons. The molecule has 0 aliphatic rings. The number of unbranched alkanes of at least 4 members (excludes halogenated alkanes) is 37. The summed E-state index contributed by atoms with van der Waals surface area (Å²) in [5.41, 5.74) is 0. The van der Waals surface area contributed by atoms with Gasteiger partial charge in [0.1, 0.15) is 12.7 Å². The van der Waals surface area contributed by atoms with Crippen LogP contribution in [-0.4, -0.2) is 66.5 Å². The first-order valence-corrected chi connectivity index (χ1v) is 33.4. The van der Waals surface area contributed by atoms with Crippen molar-refractivity contribution in [3.8, 4) is 0 Å². The van der Waals surface area contributed by atoms with Crippen LogP contribution in [0.4, 0.5) is 0 Å². The van der Waals surface area contributed by atoms with Gasteiger partial charge in [-0.25, -0.2) is 4.57 Å². The van der Waals surface area contributed by atoms with Crippen LogP contribution in [0.25, 0.3) is 0 Å². The largest absolute Gasteiger partial charge is 0.472 e. The van der Waals surface area contributed by atoms with Crippen LogP contribution in [0, 0.1) is 0 Å². The van der Waals surface area contributed by atoms with Crippen LogP contribution in [0.5, 0.6) is 0 Å². The molecule has 3 atom stereocenters. The molecule has 0 aromatic carbocycles. The van der Waals surface area contributed by atoms with Crippen LogP contribution in [0.3, 0.4) is 0 Å². The third-order valence-corrected chi connectivity index (χ3v) is 15.0. The van der Waals surface area contributed by atoms with E-state index in [4.69, 9.17) is 23.3 Å². The highest BCUT2D eigenvalue weighted by Gasteiger charge is 2.28. The highest BCUT2D eigenvalue weighted by Crippen LogP contribution is 2.43. The molecule has 0 bridgehead atoms. The van der Waals surface area contributed by atoms with Gasteiger partial charge in [-0.05, 0) is 51.4 Å². The van der Waals surface area contributed by atoms with E-state index in [9.17, 15) is 28.9 Å². The van der Waals surface area contributed by atoms with Crippen LogP contribution in [-0.2, 0) is 42.2 Å². The number of esters is 3. The van der Waals surface area contributed by atoms with Gasteiger partial charge in [-0.1, -0.05) is 282 Å². The van der Waals surface area contributed by atoms with E-state index in [2.05, 4.69) is 57.2 Å². The van der Waals surface area contributed by atoms with Crippen molar-refractivity contribution in [3.63, 3.8) is 0 Å². The molecular formula is C64H119O11P. The fourth-order valence-electron chi connectivity index (χ4n) is 9.26. The highest BCUT2D eigenvalue weighted by molar-refractivity contribution is 7.47. The number of carbonyl (C=O) groups is 3. The Bertz CT molecular complexity index is 1420. The molecule has 0 aliphatic heterocycles. The van der Waals surface area contributed by atoms with Crippen LogP contribution in [0.2, 0.25) is 0 Å². The van der Waals surface area contributed by atoms with Crippen molar-refractivity contribution in [3.05, 3.63) is 36.5 Å². The zero-order chi connectivity index (χ0) is 55.5. The second-order valence-electron chi connectivity index (χ2n) is 21.6. The van der Waals surface area contributed by atoms with Crippen molar-refractivity contribution < 1.29 is 52.2 Å². The van der Waals surface area contributed by atoms with Gasteiger partial charge in [-0.3, -0.25) is 23.4 Å². The van der Waals surface area contributed by atoms with Gasteiger partial charge in [0.2, 0.25) is 0 Å². The summed E-state index contributed by atoms with van der Waals surface area (Å²) in [6.07, 6.45) is 62.5. The number of rotatable bonds is 60. The first-order valence-electron chi connectivity index (χ1n) is 31.9. The molecule has 2 N–H and O–H groups in total. The normalized spacial score (nSPS) is 13.5. The Morgan fingerprint density at radius 3 is 1.05 bits per heavy atom. The smallest absolute Gasteiger partial charge is 0.462 e. The number of allylic oxidation sites excluding steroid dienone is 6. The van der Waals surface area contributed by atoms with E-state index in [1.807, 2.05) is 0 Å². The standard InChI is InChI=1S/C64H119O11P/c1-4-7-10-13-16-19-22-25-27-29-30-32-34-37-40-43-46-49-52-55-64(68)75-61(57-71-62(66)53-50-47-44-41-38-36-33-31-28-26-23-20-17-14-11-8-5-2)59-73-76(69,70)72-58-60(56-65)74-63(67)54-51-48-45-42-39-35-24-21-18-15-12-9-6-3/h9,12,18,21,35,39,60-61,65H,4-8,10-11,13-17,19-20,22-34,36-38,40-59H2,1-3H3,(H,69,70)/b12-9-,21-18-,39-35-. The maximum absolute atomic E-state index is 13.0. The van der Waals surface area contributed by atoms with Gasteiger partial charge >= 0.3 is 25.7 Å². The summed E-state index contributed by atoms with van der Waals surface area (Å²) in [6, 6.07) is 0. The predicted molar refractivity (Wildman–Crippen MR) is 316 cm³/mol. The topological polar surface area (TPSA) is 155 Å². The first kappa shape index (κ1) is 73.7. The van der Waals surface area contributed by atoms with Crippen LogP contribution in [0.15, 0.2) is 36.5 Å². The number of ether oxygens (including phenoxy) is 3. The maximum Gasteiger partial charge on any atom is 0.472 e. The molecule has 3 unspecified atom stereocenters. The Balaban J connectivity index is 4.67. The Hall–Kier alpha value is -2.30. The SMILES string of the molecule is CC/C=C\C/C=C\C/C=C\CCCCCC(=O)OC(CO)COP(=O)(O)OCC(COC(=O)CCCCCCCCCCCCCCCCCCC)OC(=O)CCCCCCCCCCCCCCCCCCCCC. The molecular weight excluding hydrogens is 976 g/mol. The molecule has 0 aromatic heterocycles. The van der Waals surface area contributed by atoms with Crippen molar-refractivity contribution in [2.75, 3.05) is 26.4 Å². The van der Waals surface area contributed by atoms with Crippen molar-refractivity contribution in [2.45, 2.75) is 328 Å². The molecule has 0 heterocycles. The predicted octanol–water partition coefficient (Wildman–Crippen LogP) is 19.2. The molecule has 0 aromatic rings. The Morgan fingerprint density at radius 2 is 0.684 bits per heavy atom. The molecule has 0 fully saturated rings. The van der Waals surface area contributed by atoms with E-state index < -0.39 is 57.8 Å². The zero-order valence-electron chi connectivity index (χ0n) is 49.5. The first-order chi connectivity index (χ1) is 37.2. The third-order valence-electron chi connectivity index (χ3n) is 14.1. The molecule has 76 heavy (non-hydrogen) atoms. The minimum Gasteiger partial charge on any atom is -0.462 e. The lowest BCUT2D eigenvalue weighted by Crippen LogP contribution is -2.30. The maximum atomic E-state index is 13.0. The second kappa shape index (κ2) is 58.8. The quantitative estimate of drug-likeness (QED) is 0.0197.